The van der Waals surface area contributed by atoms with E-state index in [0.717, 1.165) is 30.5 Å². The number of carboxylic acids is 1. The number of hydrogen-bond acceptors (Lipinski definition) is 3. The Morgan fingerprint density at radius 3 is 2.95 bits per heavy atom. The van der Waals surface area contributed by atoms with Crippen molar-refractivity contribution in [3.05, 3.63) is 35.7 Å². The Balaban J connectivity index is 2.00. The van der Waals surface area contributed by atoms with E-state index >= 15 is 0 Å². The summed E-state index contributed by atoms with van der Waals surface area (Å²) in [6, 6.07) is 5.49. The van der Waals surface area contributed by atoms with Gasteiger partial charge in [0, 0.05) is 5.57 Å². The van der Waals surface area contributed by atoms with Gasteiger partial charge in [0.25, 0.3) is 0 Å². The average Bonchev–Trinajstić information content (AvgIpc) is 3.09. The molecule has 19 heavy (non-hydrogen) atoms. The van der Waals surface area contributed by atoms with Crippen molar-refractivity contribution in [2.24, 2.45) is 0 Å². The Hall–Kier alpha value is -2.30. The Bertz CT molecular complexity index is 623. The number of rotatable bonds is 3. The van der Waals surface area contributed by atoms with Crippen LogP contribution in [0.25, 0.3) is 17.0 Å². The first-order valence-corrected chi connectivity index (χ1v) is 6.30. The van der Waals surface area contributed by atoms with Gasteiger partial charge < -0.3 is 9.52 Å². The van der Waals surface area contributed by atoms with Crippen molar-refractivity contribution in [2.45, 2.75) is 25.7 Å². The Morgan fingerprint density at radius 1 is 1.37 bits per heavy atom. The third kappa shape index (κ3) is 2.19. The van der Waals surface area contributed by atoms with Gasteiger partial charge in [-0.2, -0.15) is 5.10 Å². The second-order valence-corrected chi connectivity index (χ2v) is 4.61. The van der Waals surface area contributed by atoms with Crippen LogP contribution in [0.5, 0.6) is 0 Å². The maximum absolute atomic E-state index is 11.3. The molecule has 0 saturated carbocycles. The summed E-state index contributed by atoms with van der Waals surface area (Å²) in [7, 11) is 0. The molecule has 1 aliphatic carbocycles. The monoisotopic (exact) mass is 258 g/mol. The molecule has 0 radical (unpaired) electrons. The summed E-state index contributed by atoms with van der Waals surface area (Å²) in [6.07, 6.45) is 4.92. The van der Waals surface area contributed by atoms with Gasteiger partial charge in [0.15, 0.2) is 5.76 Å². The van der Waals surface area contributed by atoms with Gasteiger partial charge >= 0.3 is 5.97 Å². The lowest BCUT2D eigenvalue weighted by Gasteiger charge is -2.15. The van der Waals surface area contributed by atoms with Crippen molar-refractivity contribution in [1.29, 1.82) is 0 Å². The molecule has 2 aromatic heterocycles. The van der Waals surface area contributed by atoms with E-state index in [1.807, 2.05) is 12.1 Å². The number of aromatic amines is 1. The van der Waals surface area contributed by atoms with Crippen LogP contribution >= 0.6 is 0 Å². The number of allylic oxidation sites excluding steroid dienone is 1. The number of nitrogens with zero attached hydrogens (tertiary/aromatic N) is 1. The van der Waals surface area contributed by atoms with Crippen LogP contribution in [0.2, 0.25) is 0 Å². The van der Waals surface area contributed by atoms with E-state index in [1.165, 1.54) is 0 Å². The highest BCUT2D eigenvalue weighted by Crippen LogP contribution is 2.33. The lowest BCUT2D eigenvalue weighted by Crippen LogP contribution is -2.08. The van der Waals surface area contributed by atoms with E-state index in [9.17, 15) is 9.90 Å². The molecule has 5 heteroatoms. The lowest BCUT2D eigenvalue weighted by atomic mass is 9.90. The molecule has 5 nitrogen and oxygen atoms in total. The SMILES string of the molecule is O=C(O)C1=C(c2cc(-c3ccco3)[nH]n2)CCCC1. The van der Waals surface area contributed by atoms with Crippen LogP contribution in [0.4, 0.5) is 0 Å². The number of nitrogens with one attached hydrogen (secondary N) is 1. The molecule has 0 saturated heterocycles. The van der Waals surface area contributed by atoms with Crippen molar-refractivity contribution in [1.82, 2.24) is 10.2 Å². The largest absolute Gasteiger partial charge is 0.478 e. The molecule has 98 valence electrons. The molecule has 0 spiro atoms. The van der Waals surface area contributed by atoms with E-state index in [4.69, 9.17) is 4.42 Å². The summed E-state index contributed by atoms with van der Waals surface area (Å²) in [5.41, 5.74) is 2.81. The maximum Gasteiger partial charge on any atom is 0.331 e. The minimum absolute atomic E-state index is 0.490. The molecule has 0 atom stereocenters. The molecule has 1 aliphatic rings. The predicted molar refractivity (Wildman–Crippen MR) is 69.3 cm³/mol. The number of H-pyrrole nitrogens is 1. The van der Waals surface area contributed by atoms with Crippen molar-refractivity contribution >= 4 is 11.5 Å². The summed E-state index contributed by atoms with van der Waals surface area (Å²) in [6.45, 7) is 0. The van der Waals surface area contributed by atoms with Gasteiger partial charge in [0.05, 0.1) is 12.0 Å². The summed E-state index contributed by atoms with van der Waals surface area (Å²) < 4.78 is 5.29. The smallest absolute Gasteiger partial charge is 0.331 e. The summed E-state index contributed by atoms with van der Waals surface area (Å²) in [5, 5.41) is 16.4. The molecule has 0 unspecified atom stereocenters. The van der Waals surface area contributed by atoms with E-state index in [1.54, 1.807) is 12.3 Å². The molecule has 0 bridgehead atoms. The standard InChI is InChI=1S/C14H14N2O3/c17-14(18)10-5-2-1-4-9(10)11-8-12(16-15-11)13-6-3-7-19-13/h3,6-8H,1-2,4-5H2,(H,15,16)(H,17,18). The van der Waals surface area contributed by atoms with Crippen LogP contribution < -0.4 is 0 Å². The normalized spacial score (nSPS) is 15.8. The first-order valence-electron chi connectivity index (χ1n) is 6.30. The van der Waals surface area contributed by atoms with Crippen molar-refractivity contribution in [3.63, 3.8) is 0 Å². The maximum atomic E-state index is 11.3. The van der Waals surface area contributed by atoms with Gasteiger partial charge in [-0.15, -0.1) is 0 Å². The Morgan fingerprint density at radius 2 is 2.21 bits per heavy atom. The average molecular weight is 258 g/mol. The van der Waals surface area contributed by atoms with Crippen molar-refractivity contribution < 1.29 is 14.3 Å². The quantitative estimate of drug-likeness (QED) is 0.886. The van der Waals surface area contributed by atoms with Gasteiger partial charge in [0.2, 0.25) is 0 Å². The number of aliphatic carboxylic acids is 1. The number of carboxylic acid groups (broad SMARTS) is 1. The Kier molecular flexibility index (Phi) is 2.95. The van der Waals surface area contributed by atoms with Crippen molar-refractivity contribution in [3.8, 4) is 11.5 Å². The van der Waals surface area contributed by atoms with Crippen LogP contribution in [0.1, 0.15) is 31.4 Å². The molecule has 2 N–H and O–H groups in total. The highest BCUT2D eigenvalue weighted by molar-refractivity contribution is 5.96. The molecule has 0 aromatic carbocycles. The molecule has 2 aromatic rings. The summed E-state index contributed by atoms with van der Waals surface area (Å²) in [4.78, 5) is 11.3. The fourth-order valence-corrected chi connectivity index (χ4v) is 2.46. The van der Waals surface area contributed by atoms with Gasteiger partial charge in [-0.3, -0.25) is 5.10 Å². The molecule has 3 rings (SSSR count). The fraction of sp³-hybridized carbons (Fsp3) is 0.286. The van der Waals surface area contributed by atoms with Gasteiger partial charge in [-0.25, -0.2) is 4.79 Å². The highest BCUT2D eigenvalue weighted by atomic mass is 16.4. The van der Waals surface area contributed by atoms with Crippen molar-refractivity contribution in [2.75, 3.05) is 0 Å². The molecular weight excluding hydrogens is 244 g/mol. The van der Waals surface area contributed by atoms with E-state index in [0.29, 0.717) is 23.4 Å². The third-order valence-electron chi connectivity index (χ3n) is 3.40. The van der Waals surface area contributed by atoms with E-state index < -0.39 is 5.97 Å². The minimum atomic E-state index is -0.836. The van der Waals surface area contributed by atoms with Gasteiger partial charge in [-0.1, -0.05) is 0 Å². The van der Waals surface area contributed by atoms with E-state index in [2.05, 4.69) is 10.2 Å². The zero-order chi connectivity index (χ0) is 13.2. The van der Waals surface area contributed by atoms with Crippen LogP contribution in [0.15, 0.2) is 34.5 Å². The number of hydrogen-bond donors (Lipinski definition) is 2. The first kappa shape index (κ1) is 11.8. The summed E-state index contributed by atoms with van der Waals surface area (Å²) in [5.74, 6) is -0.135. The molecular formula is C14H14N2O3. The zero-order valence-electron chi connectivity index (χ0n) is 10.3. The van der Waals surface area contributed by atoms with Gasteiger partial charge in [-0.05, 0) is 49.5 Å². The lowest BCUT2D eigenvalue weighted by molar-refractivity contribution is -0.132. The number of furan rings is 1. The second-order valence-electron chi connectivity index (χ2n) is 4.61. The summed E-state index contributed by atoms with van der Waals surface area (Å²) >= 11 is 0. The number of carbonyl (C=O) groups is 1. The fourth-order valence-electron chi connectivity index (χ4n) is 2.46. The first-order chi connectivity index (χ1) is 9.25. The van der Waals surface area contributed by atoms with E-state index in [-0.39, 0.29) is 0 Å². The molecule has 0 fully saturated rings. The zero-order valence-corrected chi connectivity index (χ0v) is 10.3. The highest BCUT2D eigenvalue weighted by Gasteiger charge is 2.21. The molecule has 0 amide bonds. The topological polar surface area (TPSA) is 79.1 Å². The molecule has 0 aliphatic heterocycles. The van der Waals surface area contributed by atoms with Crippen LogP contribution in [-0.4, -0.2) is 21.3 Å². The number of aromatic nitrogens is 2. The minimum Gasteiger partial charge on any atom is -0.478 e. The van der Waals surface area contributed by atoms with Gasteiger partial charge in [0.1, 0.15) is 5.69 Å². The van der Waals surface area contributed by atoms with Crippen LogP contribution in [0, 0.1) is 0 Å². The van der Waals surface area contributed by atoms with Crippen LogP contribution in [-0.2, 0) is 4.79 Å². The third-order valence-corrected chi connectivity index (χ3v) is 3.40. The Labute approximate surface area is 109 Å². The second kappa shape index (κ2) is 4.76. The molecule has 2 heterocycles. The predicted octanol–water partition coefficient (Wildman–Crippen LogP) is 3.08. The van der Waals surface area contributed by atoms with Crippen LogP contribution in [0.3, 0.4) is 0 Å².